The highest BCUT2D eigenvalue weighted by atomic mass is 16.6. The van der Waals surface area contributed by atoms with Gasteiger partial charge in [-0.15, -0.1) is 0 Å². The molecule has 18 heavy (non-hydrogen) atoms. The van der Waals surface area contributed by atoms with Crippen LogP contribution in [0.5, 0.6) is 11.5 Å². The molecule has 0 atom stereocenters. The summed E-state index contributed by atoms with van der Waals surface area (Å²) in [6.45, 7) is 0.684. The minimum absolute atomic E-state index is 0.0571. The maximum Gasteiger partial charge on any atom is 0.311 e. The van der Waals surface area contributed by atoms with Gasteiger partial charge in [-0.05, 0) is 31.4 Å². The number of methoxy groups -OCH3 is 1. The molecule has 2 rings (SSSR count). The van der Waals surface area contributed by atoms with Crippen molar-refractivity contribution in [2.75, 3.05) is 13.7 Å². The Morgan fingerprint density at radius 3 is 2.78 bits per heavy atom. The molecule has 1 aliphatic rings. The summed E-state index contributed by atoms with van der Waals surface area (Å²) < 4.78 is 10.7. The average molecular weight is 252 g/mol. The van der Waals surface area contributed by atoms with E-state index in [-0.39, 0.29) is 17.5 Å². The predicted molar refractivity (Wildman–Crippen MR) is 65.8 cm³/mol. The number of rotatable bonds is 5. The molecule has 0 aromatic heterocycles. The molecule has 1 aromatic carbocycles. The minimum Gasteiger partial charge on any atom is -0.490 e. The van der Waals surface area contributed by atoms with Crippen LogP contribution in [0.25, 0.3) is 0 Å². The van der Waals surface area contributed by atoms with Crippen molar-refractivity contribution < 1.29 is 14.4 Å². The van der Waals surface area contributed by atoms with E-state index in [0.29, 0.717) is 18.2 Å². The third-order valence-electron chi connectivity index (χ3n) is 3.18. The van der Waals surface area contributed by atoms with Gasteiger partial charge in [0.2, 0.25) is 5.75 Å². The van der Waals surface area contributed by atoms with Crippen LogP contribution in [0.15, 0.2) is 18.2 Å². The van der Waals surface area contributed by atoms with Gasteiger partial charge in [0.25, 0.3) is 0 Å². The number of hydrogen-bond donors (Lipinski definition) is 1. The highest BCUT2D eigenvalue weighted by Crippen LogP contribution is 2.34. The van der Waals surface area contributed by atoms with Gasteiger partial charge in [-0.25, -0.2) is 0 Å². The Morgan fingerprint density at radius 2 is 2.22 bits per heavy atom. The zero-order valence-electron chi connectivity index (χ0n) is 10.2. The fourth-order valence-corrected chi connectivity index (χ4v) is 2.04. The van der Waals surface area contributed by atoms with Crippen molar-refractivity contribution in [1.29, 1.82) is 0 Å². The zero-order chi connectivity index (χ0) is 13.1. The molecule has 98 valence electrons. The Hall–Kier alpha value is -1.82. The lowest BCUT2D eigenvalue weighted by Crippen LogP contribution is -2.37. The minimum atomic E-state index is -0.476. The molecule has 6 heteroatoms. The highest BCUT2D eigenvalue weighted by molar-refractivity contribution is 5.50. The summed E-state index contributed by atoms with van der Waals surface area (Å²) in [5.41, 5.74) is 5.48. The average Bonchev–Trinajstić information content (AvgIpc) is 2.32. The number of nitro benzene ring substituents is 1. The lowest BCUT2D eigenvalue weighted by atomic mass is 9.82. The Morgan fingerprint density at radius 1 is 1.50 bits per heavy atom. The van der Waals surface area contributed by atoms with Crippen LogP contribution in [-0.2, 0) is 0 Å². The second-order valence-corrected chi connectivity index (χ2v) is 4.40. The number of ether oxygens (including phenoxy) is 2. The van der Waals surface area contributed by atoms with E-state index in [4.69, 9.17) is 15.2 Å². The van der Waals surface area contributed by atoms with Crippen LogP contribution in [0.2, 0.25) is 0 Å². The molecule has 1 aliphatic carbocycles. The first-order valence-corrected chi connectivity index (χ1v) is 5.83. The van der Waals surface area contributed by atoms with Crippen molar-refractivity contribution in [3.8, 4) is 11.5 Å². The molecule has 0 bridgehead atoms. The zero-order valence-corrected chi connectivity index (χ0v) is 10.2. The van der Waals surface area contributed by atoms with Gasteiger partial charge in [0.15, 0.2) is 0 Å². The van der Waals surface area contributed by atoms with E-state index in [9.17, 15) is 10.1 Å². The van der Waals surface area contributed by atoms with Crippen LogP contribution in [-0.4, -0.2) is 24.7 Å². The van der Waals surface area contributed by atoms with Crippen LogP contribution in [0, 0.1) is 16.0 Å². The summed E-state index contributed by atoms with van der Waals surface area (Å²) in [4.78, 5) is 10.3. The summed E-state index contributed by atoms with van der Waals surface area (Å²) in [6, 6.07) is 4.54. The molecule has 0 amide bonds. The van der Waals surface area contributed by atoms with Crippen LogP contribution in [0.3, 0.4) is 0 Å². The SMILES string of the molecule is COc1cc(OC2CC(CN)C2)ccc1[N+](=O)[O-]. The van der Waals surface area contributed by atoms with Gasteiger partial charge in [0, 0.05) is 12.1 Å². The molecule has 0 aliphatic heterocycles. The quantitative estimate of drug-likeness (QED) is 0.636. The first-order chi connectivity index (χ1) is 8.63. The maximum atomic E-state index is 10.7. The Kier molecular flexibility index (Phi) is 3.66. The molecule has 0 unspecified atom stereocenters. The molecule has 0 saturated heterocycles. The van der Waals surface area contributed by atoms with Gasteiger partial charge in [0.05, 0.1) is 18.1 Å². The Balaban J connectivity index is 2.04. The molecular formula is C12H16N2O4. The van der Waals surface area contributed by atoms with Gasteiger partial charge >= 0.3 is 5.69 Å². The van der Waals surface area contributed by atoms with Crippen LogP contribution < -0.4 is 15.2 Å². The summed E-state index contributed by atoms with van der Waals surface area (Å²) in [5, 5.41) is 10.7. The van der Waals surface area contributed by atoms with E-state index in [2.05, 4.69) is 0 Å². The van der Waals surface area contributed by atoms with E-state index in [1.165, 1.54) is 13.2 Å². The van der Waals surface area contributed by atoms with Crippen LogP contribution in [0.1, 0.15) is 12.8 Å². The number of benzene rings is 1. The van der Waals surface area contributed by atoms with E-state index < -0.39 is 4.92 Å². The third-order valence-corrected chi connectivity index (χ3v) is 3.18. The van der Waals surface area contributed by atoms with Gasteiger partial charge in [-0.2, -0.15) is 0 Å². The van der Waals surface area contributed by atoms with Gasteiger partial charge in [-0.3, -0.25) is 10.1 Å². The fourth-order valence-electron chi connectivity index (χ4n) is 2.04. The maximum absolute atomic E-state index is 10.7. The summed E-state index contributed by atoms with van der Waals surface area (Å²) in [7, 11) is 1.40. The highest BCUT2D eigenvalue weighted by Gasteiger charge is 2.30. The second-order valence-electron chi connectivity index (χ2n) is 4.40. The van der Waals surface area contributed by atoms with Crippen molar-refractivity contribution in [3.63, 3.8) is 0 Å². The van der Waals surface area contributed by atoms with Crippen molar-refractivity contribution in [2.45, 2.75) is 18.9 Å². The standard InChI is InChI=1S/C12H16N2O4/c1-17-12-6-9(2-3-11(12)14(15)16)18-10-4-8(5-10)7-13/h2-3,6,8,10H,4-5,7,13H2,1H3. The Bertz CT molecular complexity index is 444. The molecule has 2 N–H and O–H groups in total. The van der Waals surface area contributed by atoms with Crippen molar-refractivity contribution in [1.82, 2.24) is 0 Å². The molecule has 0 radical (unpaired) electrons. The van der Waals surface area contributed by atoms with E-state index >= 15 is 0 Å². The number of nitrogens with two attached hydrogens (primary N) is 1. The second kappa shape index (κ2) is 5.22. The number of nitro groups is 1. The molecular weight excluding hydrogens is 236 g/mol. The van der Waals surface area contributed by atoms with E-state index in [1.807, 2.05) is 0 Å². The number of nitrogens with zero attached hydrogens (tertiary/aromatic N) is 1. The molecule has 1 aromatic rings. The lowest BCUT2D eigenvalue weighted by molar-refractivity contribution is -0.385. The Labute approximate surface area is 105 Å². The van der Waals surface area contributed by atoms with Crippen LogP contribution in [0.4, 0.5) is 5.69 Å². The summed E-state index contributed by atoms with van der Waals surface area (Å²) in [5.74, 6) is 1.35. The summed E-state index contributed by atoms with van der Waals surface area (Å²) in [6.07, 6.45) is 2.04. The molecule has 0 spiro atoms. The summed E-state index contributed by atoms with van der Waals surface area (Å²) >= 11 is 0. The smallest absolute Gasteiger partial charge is 0.311 e. The van der Waals surface area contributed by atoms with Gasteiger partial charge < -0.3 is 15.2 Å². The first-order valence-electron chi connectivity index (χ1n) is 5.83. The van der Waals surface area contributed by atoms with Crippen molar-refractivity contribution >= 4 is 5.69 Å². The normalized spacial score (nSPS) is 22.1. The van der Waals surface area contributed by atoms with Crippen molar-refractivity contribution in [2.24, 2.45) is 11.7 Å². The molecule has 6 nitrogen and oxygen atoms in total. The monoisotopic (exact) mass is 252 g/mol. The van der Waals surface area contributed by atoms with Crippen LogP contribution >= 0.6 is 0 Å². The molecule has 0 heterocycles. The van der Waals surface area contributed by atoms with E-state index in [0.717, 1.165) is 12.8 Å². The first kappa shape index (κ1) is 12.6. The fraction of sp³-hybridized carbons (Fsp3) is 0.500. The van der Waals surface area contributed by atoms with Gasteiger partial charge in [-0.1, -0.05) is 0 Å². The molecule has 1 saturated carbocycles. The number of hydrogen-bond acceptors (Lipinski definition) is 5. The topological polar surface area (TPSA) is 87.6 Å². The third kappa shape index (κ3) is 2.53. The lowest BCUT2D eigenvalue weighted by Gasteiger charge is -2.34. The molecule has 1 fully saturated rings. The predicted octanol–water partition coefficient (Wildman–Crippen LogP) is 1.72. The largest absolute Gasteiger partial charge is 0.490 e. The van der Waals surface area contributed by atoms with E-state index in [1.54, 1.807) is 12.1 Å². The van der Waals surface area contributed by atoms with Gasteiger partial charge in [0.1, 0.15) is 5.75 Å². The van der Waals surface area contributed by atoms with Crippen molar-refractivity contribution in [3.05, 3.63) is 28.3 Å².